The van der Waals surface area contributed by atoms with Crippen LogP contribution in [-0.2, 0) is 6.42 Å². The average molecular weight is 418 g/mol. The summed E-state index contributed by atoms with van der Waals surface area (Å²) in [6.45, 7) is 1.98. The molecule has 5 aromatic rings. The molecule has 156 valence electrons. The highest BCUT2D eigenvalue weighted by Crippen LogP contribution is 2.40. The van der Waals surface area contributed by atoms with Gasteiger partial charge >= 0.3 is 0 Å². The van der Waals surface area contributed by atoms with Gasteiger partial charge in [-0.1, -0.05) is 85.8 Å². The molecule has 0 atom stereocenters. The third-order valence-corrected chi connectivity index (χ3v) is 5.76. The second-order valence-electron chi connectivity index (χ2n) is 7.73. The van der Waals surface area contributed by atoms with E-state index >= 15 is 0 Å². The minimum Gasteiger partial charge on any atom is -0.507 e. The van der Waals surface area contributed by atoms with Gasteiger partial charge in [0, 0.05) is 28.5 Å². The fourth-order valence-corrected chi connectivity index (χ4v) is 4.18. The third-order valence-electron chi connectivity index (χ3n) is 5.76. The molecular formula is C29H22O3. The van der Waals surface area contributed by atoms with Gasteiger partial charge in [-0.15, -0.1) is 0 Å². The van der Waals surface area contributed by atoms with Gasteiger partial charge in [-0.25, -0.2) is 0 Å². The summed E-state index contributed by atoms with van der Waals surface area (Å²) in [5.41, 5.74) is 4.77. The van der Waals surface area contributed by atoms with Crippen LogP contribution in [0.5, 0.6) is 5.75 Å². The van der Waals surface area contributed by atoms with Crippen LogP contribution >= 0.6 is 0 Å². The fraction of sp³-hybridized carbons (Fsp3) is 0.0690. The maximum Gasteiger partial charge on any atom is 0.197 e. The number of para-hydroxylation sites is 1. The lowest BCUT2D eigenvalue weighted by molar-refractivity contribution is 0.103. The van der Waals surface area contributed by atoms with Gasteiger partial charge in [-0.3, -0.25) is 4.79 Å². The van der Waals surface area contributed by atoms with Crippen LogP contribution in [0.1, 0.15) is 28.6 Å². The first-order valence-electron chi connectivity index (χ1n) is 10.7. The first-order valence-corrected chi connectivity index (χ1v) is 10.7. The number of phenolic OH excluding ortho intramolecular Hbond substituents is 1. The van der Waals surface area contributed by atoms with E-state index < -0.39 is 0 Å². The number of carbonyl (C=O) groups excluding carboxylic acids is 1. The Bertz CT molecular complexity index is 1350. The smallest absolute Gasteiger partial charge is 0.197 e. The van der Waals surface area contributed by atoms with Gasteiger partial charge < -0.3 is 9.52 Å². The summed E-state index contributed by atoms with van der Waals surface area (Å²) in [5.74, 6) is 0.722. The Morgan fingerprint density at radius 3 is 1.88 bits per heavy atom. The van der Waals surface area contributed by atoms with Crippen LogP contribution in [0.4, 0.5) is 0 Å². The second-order valence-corrected chi connectivity index (χ2v) is 7.73. The zero-order valence-corrected chi connectivity index (χ0v) is 17.7. The summed E-state index contributed by atoms with van der Waals surface area (Å²) in [6.07, 6.45) is 0.616. The van der Waals surface area contributed by atoms with E-state index in [1.54, 1.807) is 12.1 Å². The first kappa shape index (κ1) is 19.8. The maximum atomic E-state index is 13.8. The number of benzene rings is 4. The van der Waals surface area contributed by atoms with Gasteiger partial charge in [-0.2, -0.15) is 0 Å². The highest BCUT2D eigenvalue weighted by atomic mass is 16.3. The molecule has 0 aliphatic rings. The van der Waals surface area contributed by atoms with Crippen LogP contribution in [0.25, 0.3) is 33.2 Å². The molecule has 4 aromatic carbocycles. The van der Waals surface area contributed by atoms with Crippen LogP contribution in [0.3, 0.4) is 0 Å². The number of furan rings is 1. The Balaban J connectivity index is 1.76. The summed E-state index contributed by atoms with van der Waals surface area (Å²) in [6, 6.07) is 30.4. The predicted molar refractivity (Wildman–Crippen MR) is 128 cm³/mol. The van der Waals surface area contributed by atoms with Crippen molar-refractivity contribution in [2.75, 3.05) is 0 Å². The summed E-state index contributed by atoms with van der Waals surface area (Å²) in [5, 5.41) is 12.0. The number of hydrogen-bond donors (Lipinski definition) is 1. The van der Waals surface area contributed by atoms with Crippen LogP contribution in [0.2, 0.25) is 0 Å². The minimum atomic E-state index is -0.110. The highest BCUT2D eigenvalue weighted by Gasteiger charge is 2.23. The van der Waals surface area contributed by atoms with Gasteiger partial charge in [0.25, 0.3) is 0 Å². The zero-order valence-electron chi connectivity index (χ0n) is 17.7. The van der Waals surface area contributed by atoms with Gasteiger partial charge in [0.2, 0.25) is 0 Å². The van der Waals surface area contributed by atoms with Crippen molar-refractivity contribution in [3.63, 3.8) is 0 Å². The number of fused-ring (bicyclic) bond motifs is 1. The molecule has 0 unspecified atom stereocenters. The quantitative estimate of drug-likeness (QED) is 0.305. The summed E-state index contributed by atoms with van der Waals surface area (Å²) >= 11 is 0. The summed E-state index contributed by atoms with van der Waals surface area (Å²) in [7, 11) is 0. The minimum absolute atomic E-state index is 0.110. The molecule has 1 heterocycles. The molecule has 0 spiro atoms. The molecule has 3 heteroatoms. The molecule has 0 amide bonds. The average Bonchev–Trinajstić information content (AvgIpc) is 3.23. The van der Waals surface area contributed by atoms with E-state index in [2.05, 4.69) is 0 Å². The van der Waals surface area contributed by atoms with Crippen molar-refractivity contribution in [3.8, 4) is 28.0 Å². The van der Waals surface area contributed by atoms with E-state index in [1.165, 1.54) is 0 Å². The Hall–Kier alpha value is -4.11. The zero-order chi connectivity index (χ0) is 22.1. The van der Waals surface area contributed by atoms with Crippen molar-refractivity contribution < 1.29 is 14.3 Å². The molecule has 1 aromatic heterocycles. The van der Waals surface area contributed by atoms with Crippen molar-refractivity contribution >= 4 is 16.8 Å². The van der Waals surface area contributed by atoms with Crippen LogP contribution in [-0.4, -0.2) is 10.9 Å². The molecule has 5 rings (SSSR count). The van der Waals surface area contributed by atoms with Crippen molar-refractivity contribution in [2.45, 2.75) is 13.3 Å². The van der Waals surface area contributed by atoms with E-state index in [-0.39, 0.29) is 11.5 Å². The van der Waals surface area contributed by atoms with E-state index in [4.69, 9.17) is 4.42 Å². The largest absolute Gasteiger partial charge is 0.507 e. The predicted octanol–water partition coefficient (Wildman–Crippen LogP) is 7.27. The maximum absolute atomic E-state index is 13.8. The molecular weight excluding hydrogens is 396 g/mol. The van der Waals surface area contributed by atoms with Gasteiger partial charge in [-0.05, 0) is 29.3 Å². The Labute approximate surface area is 186 Å². The molecule has 0 aliphatic carbocycles. The Kier molecular flexibility index (Phi) is 5.08. The fourth-order valence-electron chi connectivity index (χ4n) is 4.18. The third kappa shape index (κ3) is 3.38. The SMILES string of the molecule is CCc1oc2ccccc2c1C(=O)c1cc(-c2ccccc2)c(O)c(-c2ccccc2)c1. The molecule has 1 N–H and O–H groups in total. The van der Waals surface area contributed by atoms with Crippen molar-refractivity contribution in [1.29, 1.82) is 0 Å². The van der Waals surface area contributed by atoms with Crippen molar-refractivity contribution in [1.82, 2.24) is 0 Å². The summed E-state index contributed by atoms with van der Waals surface area (Å²) < 4.78 is 5.97. The van der Waals surface area contributed by atoms with Crippen molar-refractivity contribution in [3.05, 3.63) is 114 Å². The molecule has 0 saturated carbocycles. The number of aryl methyl sites for hydroxylation is 1. The van der Waals surface area contributed by atoms with E-state index in [1.807, 2.05) is 91.9 Å². The number of phenols is 1. The van der Waals surface area contributed by atoms with Gasteiger partial charge in [0.1, 0.15) is 17.1 Å². The number of carbonyl (C=O) groups is 1. The van der Waals surface area contributed by atoms with E-state index in [0.717, 1.165) is 16.5 Å². The number of aromatic hydroxyl groups is 1. The van der Waals surface area contributed by atoms with Crippen LogP contribution in [0.15, 0.2) is 101 Å². The summed E-state index contributed by atoms with van der Waals surface area (Å²) in [4.78, 5) is 13.8. The number of ketones is 1. The molecule has 0 aliphatic heterocycles. The molecule has 3 nitrogen and oxygen atoms in total. The standard InChI is InChI=1S/C29H22O3/c1-2-25-27(22-15-9-10-16-26(22)32-25)28(30)21-17-23(19-11-5-3-6-12-19)29(31)24(18-21)20-13-7-4-8-14-20/h3-18,31H,2H2,1H3. The molecule has 0 bridgehead atoms. The second kappa shape index (κ2) is 8.20. The highest BCUT2D eigenvalue weighted by molar-refractivity contribution is 6.18. The van der Waals surface area contributed by atoms with Crippen molar-refractivity contribution in [2.24, 2.45) is 0 Å². The molecule has 0 fully saturated rings. The Morgan fingerprint density at radius 1 is 0.781 bits per heavy atom. The number of hydrogen-bond acceptors (Lipinski definition) is 3. The lowest BCUT2D eigenvalue weighted by atomic mass is 9.91. The number of rotatable bonds is 5. The lowest BCUT2D eigenvalue weighted by Gasteiger charge is -2.14. The molecule has 0 radical (unpaired) electrons. The van der Waals surface area contributed by atoms with E-state index in [9.17, 15) is 9.90 Å². The first-order chi connectivity index (χ1) is 15.7. The van der Waals surface area contributed by atoms with Crippen LogP contribution in [0, 0.1) is 0 Å². The topological polar surface area (TPSA) is 50.4 Å². The van der Waals surface area contributed by atoms with E-state index in [0.29, 0.717) is 40.0 Å². The normalized spacial score (nSPS) is 11.0. The van der Waals surface area contributed by atoms with Gasteiger partial charge in [0.15, 0.2) is 5.78 Å². The van der Waals surface area contributed by atoms with Gasteiger partial charge in [0.05, 0.1) is 5.56 Å². The molecule has 0 saturated heterocycles. The monoisotopic (exact) mass is 418 g/mol. The van der Waals surface area contributed by atoms with Crippen LogP contribution < -0.4 is 0 Å². The molecule has 32 heavy (non-hydrogen) atoms. The Morgan fingerprint density at radius 2 is 1.31 bits per heavy atom. The lowest BCUT2D eigenvalue weighted by Crippen LogP contribution is -2.04.